The van der Waals surface area contributed by atoms with Gasteiger partial charge in [-0.1, -0.05) is 0 Å². The number of fused-ring (bicyclic) bond motifs is 1. The van der Waals surface area contributed by atoms with Crippen LogP contribution < -0.4 is 19.7 Å². The van der Waals surface area contributed by atoms with Crippen molar-refractivity contribution in [3.63, 3.8) is 0 Å². The van der Waals surface area contributed by atoms with Crippen molar-refractivity contribution in [1.82, 2.24) is 10.3 Å². The number of carbonyl (C=O) groups excluding carboxylic acids is 2. The molecule has 0 aliphatic carbocycles. The number of ether oxygens (including phenoxy) is 2. The maximum Gasteiger partial charge on any atom is 0.254 e. The molecule has 1 aromatic heterocycles. The van der Waals surface area contributed by atoms with Crippen LogP contribution >= 0.6 is 0 Å². The van der Waals surface area contributed by atoms with Crippen molar-refractivity contribution in [3.8, 4) is 11.5 Å². The highest BCUT2D eigenvalue weighted by atomic mass is 16.5. The van der Waals surface area contributed by atoms with Gasteiger partial charge in [0, 0.05) is 35.2 Å². The van der Waals surface area contributed by atoms with E-state index in [4.69, 9.17) is 9.47 Å². The topological polar surface area (TPSA) is 83.7 Å². The molecule has 1 unspecified atom stereocenters. The van der Waals surface area contributed by atoms with Crippen molar-refractivity contribution in [1.29, 1.82) is 0 Å². The van der Waals surface area contributed by atoms with E-state index in [9.17, 15) is 9.59 Å². The van der Waals surface area contributed by atoms with Crippen LogP contribution in [-0.4, -0.2) is 43.6 Å². The van der Waals surface area contributed by atoms with E-state index in [0.717, 1.165) is 28.0 Å². The number of hydrogen-bond donors (Lipinski definition) is 2. The van der Waals surface area contributed by atoms with Gasteiger partial charge in [0.1, 0.15) is 11.5 Å². The fraction of sp³-hybridized carbons (Fsp3) is 0.273. The average molecular weight is 393 g/mol. The van der Waals surface area contributed by atoms with Gasteiger partial charge in [-0.3, -0.25) is 9.59 Å². The number of nitrogens with zero attached hydrogens (tertiary/aromatic N) is 1. The lowest BCUT2D eigenvalue weighted by atomic mass is 10.1. The maximum atomic E-state index is 13.0. The third kappa shape index (κ3) is 3.51. The second-order valence-electron chi connectivity index (χ2n) is 7.11. The number of benzene rings is 2. The number of nitrogens with one attached hydrogen (secondary N) is 2. The molecular weight excluding hydrogens is 370 g/mol. The summed E-state index contributed by atoms with van der Waals surface area (Å²) >= 11 is 0. The van der Waals surface area contributed by atoms with Gasteiger partial charge in [0.25, 0.3) is 5.91 Å². The summed E-state index contributed by atoms with van der Waals surface area (Å²) in [4.78, 5) is 30.4. The standard InChI is InChI=1S/C22H23N3O4/c1-13-21(18-11-17(29-3)8-9-19(18)23-13)22(27)24-14-10-20(26)25(12-14)15-4-6-16(28-2)7-5-15/h4-9,11,14,23H,10,12H2,1-3H3,(H,24,27). The smallest absolute Gasteiger partial charge is 0.254 e. The molecule has 0 radical (unpaired) electrons. The van der Waals surface area contributed by atoms with Crippen LogP contribution in [0.25, 0.3) is 10.9 Å². The quantitative estimate of drug-likeness (QED) is 0.698. The van der Waals surface area contributed by atoms with Crippen LogP contribution in [-0.2, 0) is 4.79 Å². The van der Waals surface area contributed by atoms with E-state index in [1.165, 1.54) is 0 Å². The molecule has 4 rings (SSSR count). The Kier molecular flexibility index (Phi) is 4.88. The van der Waals surface area contributed by atoms with E-state index < -0.39 is 0 Å². The molecule has 0 bridgehead atoms. The van der Waals surface area contributed by atoms with E-state index in [1.54, 1.807) is 19.1 Å². The molecule has 1 saturated heterocycles. The van der Waals surface area contributed by atoms with Crippen molar-refractivity contribution in [2.45, 2.75) is 19.4 Å². The zero-order valence-electron chi connectivity index (χ0n) is 16.6. The third-order valence-electron chi connectivity index (χ3n) is 5.26. The summed E-state index contributed by atoms with van der Waals surface area (Å²) in [7, 11) is 3.20. The molecule has 150 valence electrons. The van der Waals surface area contributed by atoms with E-state index in [0.29, 0.717) is 17.9 Å². The number of methoxy groups -OCH3 is 2. The first-order valence-electron chi connectivity index (χ1n) is 9.41. The van der Waals surface area contributed by atoms with Crippen LogP contribution in [0.5, 0.6) is 11.5 Å². The molecule has 2 heterocycles. The number of carbonyl (C=O) groups is 2. The van der Waals surface area contributed by atoms with Crippen LogP contribution in [0.1, 0.15) is 22.5 Å². The van der Waals surface area contributed by atoms with Crippen molar-refractivity contribution in [2.24, 2.45) is 0 Å². The number of rotatable bonds is 5. The van der Waals surface area contributed by atoms with Gasteiger partial charge < -0.3 is 24.7 Å². The number of H-pyrrole nitrogens is 1. The lowest BCUT2D eigenvalue weighted by Gasteiger charge is -2.17. The van der Waals surface area contributed by atoms with Gasteiger partial charge >= 0.3 is 0 Å². The van der Waals surface area contributed by atoms with Crippen LogP contribution in [0.3, 0.4) is 0 Å². The van der Waals surface area contributed by atoms with Gasteiger partial charge in [0.05, 0.1) is 25.8 Å². The summed E-state index contributed by atoms with van der Waals surface area (Å²) < 4.78 is 10.5. The van der Waals surface area contributed by atoms with E-state index in [-0.39, 0.29) is 24.3 Å². The molecule has 7 heteroatoms. The highest BCUT2D eigenvalue weighted by Crippen LogP contribution is 2.28. The van der Waals surface area contributed by atoms with Crippen LogP contribution in [0.4, 0.5) is 5.69 Å². The second-order valence-corrected chi connectivity index (χ2v) is 7.11. The summed E-state index contributed by atoms with van der Waals surface area (Å²) in [6.07, 6.45) is 0.266. The zero-order chi connectivity index (χ0) is 20.5. The number of anilines is 1. The molecule has 7 nitrogen and oxygen atoms in total. The summed E-state index contributed by atoms with van der Waals surface area (Å²) in [5.41, 5.74) is 3.02. The fourth-order valence-electron chi connectivity index (χ4n) is 3.80. The Morgan fingerprint density at radius 3 is 2.48 bits per heavy atom. The normalized spacial score (nSPS) is 16.3. The Balaban J connectivity index is 1.52. The van der Waals surface area contributed by atoms with Crippen LogP contribution in [0.15, 0.2) is 42.5 Å². The third-order valence-corrected chi connectivity index (χ3v) is 5.26. The minimum Gasteiger partial charge on any atom is -0.497 e. The Morgan fingerprint density at radius 2 is 1.79 bits per heavy atom. The molecular formula is C22H23N3O4. The molecule has 0 spiro atoms. The number of amides is 2. The number of aromatic amines is 1. The monoisotopic (exact) mass is 393 g/mol. The van der Waals surface area contributed by atoms with Gasteiger partial charge in [-0.05, 0) is 49.4 Å². The number of aryl methyl sites for hydroxylation is 1. The van der Waals surface area contributed by atoms with Gasteiger partial charge in [-0.25, -0.2) is 0 Å². The molecule has 29 heavy (non-hydrogen) atoms. The largest absolute Gasteiger partial charge is 0.497 e. The summed E-state index contributed by atoms with van der Waals surface area (Å²) in [6.45, 7) is 2.30. The van der Waals surface area contributed by atoms with Crippen LogP contribution in [0, 0.1) is 6.92 Å². The maximum absolute atomic E-state index is 13.0. The Morgan fingerprint density at radius 1 is 1.10 bits per heavy atom. The number of hydrogen-bond acceptors (Lipinski definition) is 4. The molecule has 1 aliphatic heterocycles. The Bertz CT molecular complexity index is 1070. The van der Waals surface area contributed by atoms with Crippen molar-refractivity contribution in [3.05, 3.63) is 53.7 Å². The lowest BCUT2D eigenvalue weighted by Crippen LogP contribution is -2.37. The first kappa shape index (κ1) is 18.9. The second kappa shape index (κ2) is 7.50. The van der Waals surface area contributed by atoms with E-state index in [1.807, 2.05) is 49.4 Å². The molecule has 1 atom stereocenters. The molecule has 1 aliphatic rings. The predicted octanol–water partition coefficient (Wildman–Crippen LogP) is 3.03. The molecule has 3 aromatic rings. The van der Waals surface area contributed by atoms with Crippen molar-refractivity contribution >= 4 is 28.4 Å². The highest BCUT2D eigenvalue weighted by molar-refractivity contribution is 6.09. The van der Waals surface area contributed by atoms with E-state index in [2.05, 4.69) is 10.3 Å². The molecule has 0 saturated carbocycles. The predicted molar refractivity (Wildman–Crippen MR) is 111 cm³/mol. The first-order chi connectivity index (χ1) is 14.0. The summed E-state index contributed by atoms with van der Waals surface area (Å²) in [5.74, 6) is 1.21. The van der Waals surface area contributed by atoms with Gasteiger partial charge in [-0.2, -0.15) is 0 Å². The lowest BCUT2D eigenvalue weighted by molar-refractivity contribution is -0.117. The van der Waals surface area contributed by atoms with Gasteiger partial charge in [-0.15, -0.1) is 0 Å². The first-order valence-corrected chi connectivity index (χ1v) is 9.41. The van der Waals surface area contributed by atoms with Crippen LogP contribution in [0.2, 0.25) is 0 Å². The SMILES string of the molecule is COc1ccc(N2CC(NC(=O)c3c(C)[nH]c4ccc(OC)cc34)CC2=O)cc1. The Hall–Kier alpha value is -3.48. The van der Waals surface area contributed by atoms with Gasteiger partial charge in [0.2, 0.25) is 5.91 Å². The zero-order valence-corrected chi connectivity index (χ0v) is 16.6. The number of aromatic nitrogens is 1. The Labute approximate surface area is 168 Å². The molecule has 2 aromatic carbocycles. The summed E-state index contributed by atoms with van der Waals surface area (Å²) in [6, 6.07) is 12.6. The highest BCUT2D eigenvalue weighted by Gasteiger charge is 2.32. The summed E-state index contributed by atoms with van der Waals surface area (Å²) in [5, 5.41) is 3.82. The van der Waals surface area contributed by atoms with Gasteiger partial charge in [0.15, 0.2) is 0 Å². The minimum atomic E-state index is -0.257. The van der Waals surface area contributed by atoms with E-state index >= 15 is 0 Å². The molecule has 2 amide bonds. The van der Waals surface area contributed by atoms with Crippen molar-refractivity contribution in [2.75, 3.05) is 25.7 Å². The fourth-order valence-corrected chi connectivity index (χ4v) is 3.80. The van der Waals surface area contributed by atoms with Crippen molar-refractivity contribution < 1.29 is 19.1 Å². The molecule has 1 fully saturated rings. The minimum absolute atomic E-state index is 0.0159. The average Bonchev–Trinajstić information content (AvgIpc) is 3.25. The molecule has 2 N–H and O–H groups in total.